The normalized spacial score (nSPS) is 21.1. The van der Waals surface area contributed by atoms with Gasteiger partial charge in [0.1, 0.15) is 17.7 Å². The van der Waals surface area contributed by atoms with Crippen molar-refractivity contribution in [2.75, 3.05) is 12.4 Å². The highest BCUT2D eigenvalue weighted by atomic mass is 32.2. The summed E-state index contributed by atoms with van der Waals surface area (Å²) < 4.78 is 9.06. The van der Waals surface area contributed by atoms with Gasteiger partial charge in [0.15, 0.2) is 8.32 Å². The zero-order chi connectivity index (χ0) is 26.5. The van der Waals surface area contributed by atoms with Crippen molar-refractivity contribution in [2.45, 2.75) is 81.8 Å². The summed E-state index contributed by atoms with van der Waals surface area (Å²) >= 11 is 2.02. The summed E-state index contributed by atoms with van der Waals surface area (Å²) in [5.74, 6) is 3.24. The van der Waals surface area contributed by atoms with Gasteiger partial charge in [0, 0.05) is 41.8 Å². The molecule has 8 heteroatoms. The highest BCUT2D eigenvalue weighted by Crippen LogP contribution is 2.53. The molecule has 1 atom stereocenters. The van der Waals surface area contributed by atoms with Crippen molar-refractivity contribution in [1.82, 2.24) is 19.7 Å². The molecule has 0 bridgehead atoms. The van der Waals surface area contributed by atoms with Crippen LogP contribution in [0.4, 0.5) is 0 Å². The Balaban J connectivity index is 1.36. The maximum absolute atomic E-state index is 9.03. The molecule has 0 amide bonds. The van der Waals surface area contributed by atoms with Gasteiger partial charge >= 0.3 is 0 Å². The average molecular weight is 532 g/mol. The van der Waals surface area contributed by atoms with Gasteiger partial charge in [-0.2, -0.15) is 17.0 Å². The lowest BCUT2D eigenvalue weighted by atomic mass is 9.93. The summed E-state index contributed by atoms with van der Waals surface area (Å²) in [6.45, 7) is 15.6. The Morgan fingerprint density at radius 2 is 1.84 bits per heavy atom. The molecule has 194 valence electrons. The minimum absolute atomic E-state index is 0.000527. The number of hydrogen-bond acceptors (Lipinski definition) is 6. The first-order chi connectivity index (χ1) is 17.5. The Morgan fingerprint density at radius 1 is 1.11 bits per heavy atom. The number of rotatable bonds is 6. The van der Waals surface area contributed by atoms with E-state index < -0.39 is 8.32 Å². The maximum atomic E-state index is 9.03. The van der Waals surface area contributed by atoms with Gasteiger partial charge in [-0.25, -0.2) is 0 Å². The molecule has 6 nitrogen and oxygen atoms in total. The van der Waals surface area contributed by atoms with Crippen LogP contribution in [0.15, 0.2) is 42.6 Å². The van der Waals surface area contributed by atoms with E-state index in [1.807, 2.05) is 23.9 Å². The third-order valence-electron chi connectivity index (χ3n) is 8.47. The Kier molecular flexibility index (Phi) is 6.62. The molecule has 0 N–H and O–H groups in total. The van der Waals surface area contributed by atoms with E-state index in [1.54, 1.807) is 6.20 Å². The van der Waals surface area contributed by atoms with E-state index in [2.05, 4.69) is 80.7 Å². The van der Waals surface area contributed by atoms with Crippen LogP contribution < -0.4 is 0 Å². The lowest BCUT2D eigenvalue weighted by Crippen LogP contribution is -2.45. The van der Waals surface area contributed by atoms with Gasteiger partial charge in [-0.15, -0.1) is 10.2 Å². The van der Waals surface area contributed by atoms with Crippen molar-refractivity contribution in [3.8, 4) is 17.3 Å². The summed E-state index contributed by atoms with van der Waals surface area (Å²) in [5.41, 5.74) is 3.75. The molecular weight excluding hydrogens is 495 g/mol. The van der Waals surface area contributed by atoms with Crippen LogP contribution in [-0.4, -0.2) is 45.2 Å². The number of pyridine rings is 1. The SMILES string of the molecule is CC(C)(C)[Si](C)(C)OC[C@@]1(C)Cc2nnc(C3(c4ccc(-c5ccc(C#N)cn5)cc4)CC3)n2CCS1. The van der Waals surface area contributed by atoms with Crippen LogP contribution >= 0.6 is 11.8 Å². The highest BCUT2D eigenvalue weighted by molar-refractivity contribution is 8.00. The third kappa shape index (κ3) is 5.01. The van der Waals surface area contributed by atoms with Crippen LogP contribution in [0.1, 0.15) is 63.3 Å². The van der Waals surface area contributed by atoms with Crippen LogP contribution in [0.5, 0.6) is 0 Å². The molecule has 3 aromatic rings. The van der Waals surface area contributed by atoms with Crippen LogP contribution in [-0.2, 0) is 22.8 Å². The smallest absolute Gasteiger partial charge is 0.192 e. The molecule has 1 aliphatic heterocycles. The van der Waals surface area contributed by atoms with Gasteiger partial charge in [0.05, 0.1) is 16.7 Å². The van der Waals surface area contributed by atoms with Crippen molar-refractivity contribution in [1.29, 1.82) is 5.26 Å². The van der Waals surface area contributed by atoms with Gasteiger partial charge in [-0.05, 0) is 55.6 Å². The van der Waals surface area contributed by atoms with E-state index in [0.717, 1.165) is 61.1 Å². The quantitative estimate of drug-likeness (QED) is 0.344. The molecule has 1 aliphatic carbocycles. The zero-order valence-corrected chi connectivity index (χ0v) is 24.7. The fraction of sp³-hybridized carbons (Fsp3) is 0.517. The van der Waals surface area contributed by atoms with E-state index in [0.29, 0.717) is 5.56 Å². The number of benzene rings is 1. The van der Waals surface area contributed by atoms with Crippen LogP contribution in [0.3, 0.4) is 0 Å². The Labute approximate surface area is 226 Å². The molecule has 0 spiro atoms. The van der Waals surface area contributed by atoms with Gasteiger partial charge in [-0.3, -0.25) is 4.98 Å². The fourth-order valence-electron chi connectivity index (χ4n) is 4.82. The van der Waals surface area contributed by atoms with Crippen LogP contribution in [0.25, 0.3) is 11.3 Å². The van der Waals surface area contributed by atoms with E-state index >= 15 is 0 Å². The molecular formula is C29H37N5OSSi. The number of hydrogen-bond donors (Lipinski definition) is 0. The molecule has 5 rings (SSSR count). The second-order valence-corrected chi connectivity index (χ2v) is 18.8. The second-order valence-electron chi connectivity index (χ2n) is 12.3. The lowest BCUT2D eigenvalue weighted by molar-refractivity contribution is 0.252. The molecule has 0 radical (unpaired) electrons. The van der Waals surface area contributed by atoms with Crippen LogP contribution in [0.2, 0.25) is 18.1 Å². The highest BCUT2D eigenvalue weighted by Gasteiger charge is 2.51. The predicted octanol–water partition coefficient (Wildman–Crippen LogP) is 6.36. The molecule has 0 saturated heterocycles. The van der Waals surface area contributed by atoms with E-state index in [4.69, 9.17) is 19.9 Å². The molecule has 3 heterocycles. The first-order valence-electron chi connectivity index (χ1n) is 13.1. The van der Waals surface area contributed by atoms with E-state index in [9.17, 15) is 0 Å². The van der Waals surface area contributed by atoms with Crippen molar-refractivity contribution < 1.29 is 4.43 Å². The molecule has 0 unspecified atom stereocenters. The third-order valence-corrected chi connectivity index (χ3v) is 14.3. The van der Waals surface area contributed by atoms with Crippen molar-refractivity contribution in [3.63, 3.8) is 0 Å². The second kappa shape index (κ2) is 9.37. The van der Waals surface area contributed by atoms with Crippen LogP contribution in [0, 0.1) is 11.3 Å². The van der Waals surface area contributed by atoms with E-state index in [-0.39, 0.29) is 15.2 Å². The Morgan fingerprint density at radius 3 is 2.43 bits per heavy atom. The molecule has 1 fully saturated rings. The number of nitrogens with zero attached hydrogens (tertiary/aromatic N) is 5. The Hall–Kier alpha value is -2.47. The van der Waals surface area contributed by atoms with Gasteiger partial charge < -0.3 is 8.99 Å². The van der Waals surface area contributed by atoms with Gasteiger partial charge in [0.25, 0.3) is 0 Å². The molecule has 1 aromatic carbocycles. The van der Waals surface area contributed by atoms with Crippen molar-refractivity contribution in [2.24, 2.45) is 0 Å². The zero-order valence-electron chi connectivity index (χ0n) is 22.8. The number of fused-ring (bicyclic) bond motifs is 1. The van der Waals surface area contributed by atoms with Crippen molar-refractivity contribution in [3.05, 3.63) is 65.4 Å². The average Bonchev–Trinajstić information content (AvgIpc) is 3.62. The Bertz CT molecular complexity index is 1320. The molecule has 2 aliphatic rings. The summed E-state index contributed by atoms with van der Waals surface area (Å²) in [4.78, 5) is 4.44. The minimum atomic E-state index is -1.81. The number of nitriles is 1. The van der Waals surface area contributed by atoms with Gasteiger partial charge in [-0.1, -0.05) is 45.0 Å². The van der Waals surface area contributed by atoms with E-state index in [1.165, 1.54) is 5.56 Å². The number of thioether (sulfide) groups is 1. The monoisotopic (exact) mass is 531 g/mol. The topological polar surface area (TPSA) is 76.6 Å². The van der Waals surface area contributed by atoms with Gasteiger partial charge in [0.2, 0.25) is 0 Å². The standard InChI is InChI=1S/C29H37N5OSSi/c1-27(2,3)37(5,6)35-20-28(4)17-25-32-33-26(34(25)15-16-36-28)29(13-14-29)23-10-8-22(9-11-23)24-12-7-21(18-30)19-31-24/h7-12,19H,13-17,20H2,1-6H3/t28-/m1/s1. The largest absolute Gasteiger partial charge is 0.415 e. The molecule has 1 saturated carbocycles. The lowest BCUT2D eigenvalue weighted by Gasteiger charge is -2.39. The predicted molar refractivity (Wildman–Crippen MR) is 152 cm³/mol. The van der Waals surface area contributed by atoms with Crippen molar-refractivity contribution >= 4 is 20.1 Å². The fourth-order valence-corrected chi connectivity index (χ4v) is 7.18. The molecule has 2 aromatic heterocycles. The summed E-state index contributed by atoms with van der Waals surface area (Å²) in [5, 5.41) is 18.8. The summed E-state index contributed by atoms with van der Waals surface area (Å²) in [6.07, 6.45) is 4.69. The first kappa shape index (κ1) is 26.1. The minimum Gasteiger partial charge on any atom is -0.415 e. The summed E-state index contributed by atoms with van der Waals surface area (Å²) in [7, 11) is -1.81. The number of aromatic nitrogens is 4. The molecule has 37 heavy (non-hydrogen) atoms. The first-order valence-corrected chi connectivity index (χ1v) is 17.0. The maximum Gasteiger partial charge on any atom is 0.192 e. The summed E-state index contributed by atoms with van der Waals surface area (Å²) in [6, 6.07) is 14.5.